The lowest BCUT2D eigenvalue weighted by Gasteiger charge is -2.52. The third kappa shape index (κ3) is 4.07. The molecular weight excluding hydrogens is 296 g/mol. The summed E-state index contributed by atoms with van der Waals surface area (Å²) in [6, 6.07) is 5.83. The normalized spacial score (nSPS) is 22.8. The van der Waals surface area contributed by atoms with Crippen molar-refractivity contribution in [3.63, 3.8) is 0 Å². The van der Waals surface area contributed by atoms with Crippen LogP contribution in [-0.4, -0.2) is 60.4 Å². The largest absolute Gasteiger partial charge is 0.372 e. The van der Waals surface area contributed by atoms with Crippen LogP contribution in [0.4, 0.5) is 0 Å². The summed E-state index contributed by atoms with van der Waals surface area (Å²) in [6.45, 7) is 5.09. The van der Waals surface area contributed by atoms with Gasteiger partial charge in [0.25, 0.3) is 0 Å². The van der Waals surface area contributed by atoms with E-state index in [1.165, 1.54) is 0 Å². The van der Waals surface area contributed by atoms with Gasteiger partial charge in [0.2, 0.25) is 5.91 Å². The summed E-state index contributed by atoms with van der Waals surface area (Å²) >= 11 is 0. The predicted octanol–water partition coefficient (Wildman–Crippen LogP) is 1.39. The third-order valence-corrected chi connectivity index (χ3v) is 4.38. The van der Waals surface area contributed by atoms with Crippen molar-refractivity contribution in [3.05, 3.63) is 30.1 Å². The van der Waals surface area contributed by atoms with Gasteiger partial charge in [-0.3, -0.25) is 9.78 Å². The minimum atomic E-state index is -0.227. The first-order chi connectivity index (χ1) is 11.2. The molecule has 1 unspecified atom stereocenters. The zero-order valence-corrected chi connectivity index (χ0v) is 13.6. The molecule has 3 rings (SSSR count). The van der Waals surface area contributed by atoms with Gasteiger partial charge >= 0.3 is 0 Å². The topological polar surface area (TPSA) is 60.9 Å². The van der Waals surface area contributed by atoms with Crippen LogP contribution in [0.25, 0.3) is 0 Å². The molecule has 1 amide bonds. The van der Waals surface area contributed by atoms with Crippen LogP contribution in [0.1, 0.15) is 25.5 Å². The maximum absolute atomic E-state index is 11.9. The van der Waals surface area contributed by atoms with E-state index in [0.29, 0.717) is 32.9 Å². The van der Waals surface area contributed by atoms with Gasteiger partial charge in [0.1, 0.15) is 12.2 Å². The van der Waals surface area contributed by atoms with Crippen LogP contribution in [-0.2, 0) is 25.6 Å². The summed E-state index contributed by atoms with van der Waals surface area (Å²) < 4.78 is 17.1. The van der Waals surface area contributed by atoms with E-state index < -0.39 is 0 Å². The molecule has 2 fully saturated rings. The van der Waals surface area contributed by atoms with Crippen molar-refractivity contribution in [1.82, 2.24) is 9.88 Å². The Kier molecular flexibility index (Phi) is 5.25. The highest BCUT2D eigenvalue weighted by Crippen LogP contribution is 2.35. The molecular formula is C17H24N2O4. The molecule has 0 aliphatic carbocycles. The van der Waals surface area contributed by atoms with E-state index in [0.717, 1.165) is 18.5 Å². The molecule has 0 radical (unpaired) electrons. The highest BCUT2D eigenvalue weighted by Gasteiger charge is 2.49. The average Bonchev–Trinajstić information content (AvgIpc) is 2.57. The van der Waals surface area contributed by atoms with E-state index in [9.17, 15) is 4.79 Å². The molecule has 6 nitrogen and oxygen atoms in total. The van der Waals surface area contributed by atoms with Gasteiger partial charge in [-0.2, -0.15) is 0 Å². The van der Waals surface area contributed by atoms with Crippen LogP contribution in [0.3, 0.4) is 0 Å². The number of carbonyl (C=O) groups is 1. The number of rotatable bonds is 6. The smallest absolute Gasteiger partial charge is 0.248 e. The van der Waals surface area contributed by atoms with Gasteiger partial charge in [-0.15, -0.1) is 0 Å². The van der Waals surface area contributed by atoms with Crippen LogP contribution in [0.5, 0.6) is 0 Å². The van der Waals surface area contributed by atoms with Crippen molar-refractivity contribution in [2.45, 2.75) is 38.1 Å². The second-order valence-electron chi connectivity index (χ2n) is 6.17. The fourth-order valence-corrected chi connectivity index (χ4v) is 3.14. The Morgan fingerprint density at radius 3 is 3.09 bits per heavy atom. The van der Waals surface area contributed by atoms with Crippen molar-refractivity contribution in [2.24, 2.45) is 0 Å². The van der Waals surface area contributed by atoms with Crippen molar-refractivity contribution >= 4 is 5.91 Å². The lowest BCUT2D eigenvalue weighted by molar-refractivity contribution is -0.204. The second kappa shape index (κ2) is 7.38. The molecule has 2 saturated heterocycles. The fourth-order valence-electron chi connectivity index (χ4n) is 3.14. The number of carbonyl (C=O) groups excluding carboxylic acids is 1. The SMILES string of the molecule is CCOCC(=O)N1CC2(CC(OCc3ccccn3)CCO2)C1. The average molecular weight is 320 g/mol. The quantitative estimate of drug-likeness (QED) is 0.793. The van der Waals surface area contributed by atoms with E-state index in [1.807, 2.05) is 25.1 Å². The van der Waals surface area contributed by atoms with Gasteiger partial charge in [-0.1, -0.05) is 6.07 Å². The Labute approximate surface area is 136 Å². The van der Waals surface area contributed by atoms with Crippen LogP contribution in [0, 0.1) is 0 Å². The maximum Gasteiger partial charge on any atom is 0.248 e. The lowest BCUT2D eigenvalue weighted by atomic mass is 9.84. The number of pyridine rings is 1. The van der Waals surface area contributed by atoms with Gasteiger partial charge in [0.15, 0.2) is 0 Å². The first kappa shape index (κ1) is 16.4. The van der Waals surface area contributed by atoms with E-state index in [1.54, 1.807) is 11.1 Å². The summed E-state index contributed by atoms with van der Waals surface area (Å²) in [5, 5.41) is 0. The zero-order chi connectivity index (χ0) is 16.1. The summed E-state index contributed by atoms with van der Waals surface area (Å²) in [5.41, 5.74) is 0.713. The number of hydrogen-bond donors (Lipinski definition) is 0. The molecule has 3 heterocycles. The van der Waals surface area contributed by atoms with Crippen LogP contribution >= 0.6 is 0 Å². The number of likely N-dealkylation sites (tertiary alicyclic amines) is 1. The summed E-state index contributed by atoms with van der Waals surface area (Å²) in [4.78, 5) is 18.0. The Hall–Kier alpha value is -1.50. The molecule has 2 aliphatic heterocycles. The molecule has 1 aromatic heterocycles. The Morgan fingerprint density at radius 2 is 2.35 bits per heavy atom. The number of nitrogens with zero attached hydrogens (tertiary/aromatic N) is 2. The van der Waals surface area contributed by atoms with Crippen molar-refractivity contribution in [2.75, 3.05) is 32.9 Å². The second-order valence-corrected chi connectivity index (χ2v) is 6.17. The Morgan fingerprint density at radius 1 is 1.48 bits per heavy atom. The molecule has 2 aliphatic rings. The molecule has 126 valence electrons. The lowest BCUT2D eigenvalue weighted by Crippen LogP contribution is -2.67. The summed E-state index contributed by atoms with van der Waals surface area (Å²) in [5.74, 6) is 0.0394. The van der Waals surface area contributed by atoms with E-state index in [-0.39, 0.29) is 24.2 Å². The van der Waals surface area contributed by atoms with Gasteiger partial charge < -0.3 is 19.1 Å². The fraction of sp³-hybridized carbons (Fsp3) is 0.647. The molecule has 0 bridgehead atoms. The van der Waals surface area contributed by atoms with Crippen LogP contribution in [0.15, 0.2) is 24.4 Å². The zero-order valence-electron chi connectivity index (χ0n) is 13.6. The van der Waals surface area contributed by atoms with Gasteiger partial charge in [0, 0.05) is 25.8 Å². The minimum absolute atomic E-state index is 0.0394. The van der Waals surface area contributed by atoms with Gasteiger partial charge in [-0.25, -0.2) is 0 Å². The highest BCUT2D eigenvalue weighted by atomic mass is 16.5. The molecule has 0 saturated carbocycles. The molecule has 1 atom stereocenters. The standard InChI is InChI=1S/C17H24N2O4/c1-2-21-11-16(20)19-12-17(13-19)9-15(6-8-23-17)22-10-14-5-3-4-7-18-14/h3-5,7,15H,2,6,8-13H2,1H3. The molecule has 0 N–H and O–H groups in total. The maximum atomic E-state index is 11.9. The first-order valence-electron chi connectivity index (χ1n) is 8.22. The summed E-state index contributed by atoms with van der Waals surface area (Å²) in [6.07, 6.45) is 3.66. The highest BCUT2D eigenvalue weighted by molar-refractivity contribution is 5.78. The number of aromatic nitrogens is 1. The van der Waals surface area contributed by atoms with Gasteiger partial charge in [-0.05, 0) is 25.5 Å². The first-order valence-corrected chi connectivity index (χ1v) is 8.22. The minimum Gasteiger partial charge on any atom is -0.372 e. The van der Waals surface area contributed by atoms with E-state index in [4.69, 9.17) is 14.2 Å². The number of amides is 1. The van der Waals surface area contributed by atoms with Crippen LogP contribution < -0.4 is 0 Å². The molecule has 1 aromatic rings. The molecule has 23 heavy (non-hydrogen) atoms. The van der Waals surface area contributed by atoms with E-state index in [2.05, 4.69) is 4.98 Å². The Balaban J connectivity index is 1.45. The molecule has 6 heteroatoms. The molecule has 1 spiro atoms. The van der Waals surface area contributed by atoms with E-state index >= 15 is 0 Å². The monoisotopic (exact) mass is 320 g/mol. The van der Waals surface area contributed by atoms with Crippen molar-refractivity contribution < 1.29 is 19.0 Å². The Bertz CT molecular complexity index is 517. The predicted molar refractivity (Wildman–Crippen MR) is 83.8 cm³/mol. The van der Waals surface area contributed by atoms with Crippen LogP contribution in [0.2, 0.25) is 0 Å². The van der Waals surface area contributed by atoms with Crippen molar-refractivity contribution in [1.29, 1.82) is 0 Å². The molecule has 0 aromatic carbocycles. The van der Waals surface area contributed by atoms with Crippen molar-refractivity contribution in [3.8, 4) is 0 Å². The summed E-state index contributed by atoms with van der Waals surface area (Å²) in [7, 11) is 0. The number of ether oxygens (including phenoxy) is 3. The van der Waals surface area contributed by atoms with Gasteiger partial charge in [0.05, 0.1) is 31.5 Å². The third-order valence-electron chi connectivity index (χ3n) is 4.38. The number of hydrogen-bond acceptors (Lipinski definition) is 5.